The van der Waals surface area contributed by atoms with Gasteiger partial charge in [0.15, 0.2) is 0 Å². The van der Waals surface area contributed by atoms with Crippen molar-refractivity contribution in [3.8, 4) is 0 Å². The molecule has 5 rings (SSSR count). The molecule has 0 N–H and O–H groups in total. The largest absolute Gasteiger partial charge is 0.445 e. The van der Waals surface area contributed by atoms with Gasteiger partial charge in [0, 0.05) is 31.7 Å². The fraction of sp³-hybridized carbons (Fsp3) is 0.667. The van der Waals surface area contributed by atoms with Crippen molar-refractivity contribution in [2.75, 3.05) is 26.2 Å². The number of hydrogen-bond donors (Lipinski definition) is 0. The van der Waals surface area contributed by atoms with Crippen LogP contribution in [0.3, 0.4) is 0 Å². The third-order valence-electron chi connectivity index (χ3n) is 6.86. The van der Waals surface area contributed by atoms with Gasteiger partial charge >= 0.3 is 12.2 Å². The van der Waals surface area contributed by atoms with Crippen molar-refractivity contribution in [3.63, 3.8) is 0 Å². The maximum Gasteiger partial charge on any atom is 0.410 e. The second-order valence-electron chi connectivity index (χ2n) is 10.4. The van der Waals surface area contributed by atoms with Gasteiger partial charge in [-0.2, -0.15) is 0 Å². The lowest BCUT2D eigenvalue weighted by molar-refractivity contribution is -0.109. The van der Waals surface area contributed by atoms with Gasteiger partial charge in [0.05, 0.1) is 12.1 Å². The van der Waals surface area contributed by atoms with E-state index in [9.17, 15) is 9.59 Å². The van der Waals surface area contributed by atoms with E-state index in [1.165, 1.54) is 0 Å². The van der Waals surface area contributed by atoms with Crippen LogP contribution in [0, 0.1) is 0 Å². The summed E-state index contributed by atoms with van der Waals surface area (Å²) < 4.78 is 11.1. The maximum atomic E-state index is 12.5. The Labute approximate surface area is 185 Å². The van der Waals surface area contributed by atoms with Crippen LogP contribution in [0.4, 0.5) is 9.59 Å². The zero-order chi connectivity index (χ0) is 22.2. The minimum Gasteiger partial charge on any atom is -0.445 e. The molecule has 0 aliphatic carbocycles. The first kappa shape index (κ1) is 21.9. The Balaban J connectivity index is 1.26. The molecule has 4 aliphatic rings. The van der Waals surface area contributed by atoms with Crippen LogP contribution in [0.1, 0.15) is 52.5 Å². The van der Waals surface area contributed by atoms with Crippen LogP contribution >= 0.6 is 0 Å². The number of nitrogens with zero attached hydrogens (tertiary/aromatic N) is 3. The van der Waals surface area contributed by atoms with Crippen LogP contribution in [0.2, 0.25) is 0 Å². The Morgan fingerprint density at radius 1 is 1.03 bits per heavy atom. The highest BCUT2D eigenvalue weighted by Gasteiger charge is 2.52. The summed E-state index contributed by atoms with van der Waals surface area (Å²) in [6.45, 7) is 11.5. The third-order valence-corrected chi connectivity index (χ3v) is 6.86. The lowest BCUT2D eigenvalue weighted by atomic mass is 9.80. The van der Waals surface area contributed by atoms with Gasteiger partial charge in [-0.05, 0) is 52.5 Å². The summed E-state index contributed by atoms with van der Waals surface area (Å²) in [5, 5.41) is 0. The van der Waals surface area contributed by atoms with Crippen molar-refractivity contribution in [2.45, 2.75) is 76.8 Å². The molecule has 0 saturated carbocycles. The SMILES string of the molecule is CC(C)(C)OC(=O)N1C2CC1CN(C1(C)CCN(C(=O)OCc3ccccc3)CC1)C2. The van der Waals surface area contributed by atoms with Gasteiger partial charge in [0.2, 0.25) is 0 Å². The summed E-state index contributed by atoms with van der Waals surface area (Å²) in [6, 6.07) is 10.2. The lowest BCUT2D eigenvalue weighted by Gasteiger charge is -2.60. The van der Waals surface area contributed by atoms with Crippen LogP contribution in [0.15, 0.2) is 30.3 Å². The first-order valence-electron chi connectivity index (χ1n) is 11.4. The van der Waals surface area contributed by atoms with Crippen molar-refractivity contribution in [1.82, 2.24) is 14.7 Å². The number of benzene rings is 1. The first-order valence-corrected chi connectivity index (χ1v) is 11.4. The molecule has 4 fully saturated rings. The number of likely N-dealkylation sites (tertiary alicyclic amines) is 1. The zero-order valence-electron chi connectivity index (χ0n) is 19.2. The number of fused-ring (bicyclic) bond motifs is 2. The predicted octanol–water partition coefficient (Wildman–Crippen LogP) is 3.87. The van der Waals surface area contributed by atoms with Gasteiger partial charge in [-0.25, -0.2) is 9.59 Å². The van der Waals surface area contributed by atoms with E-state index >= 15 is 0 Å². The van der Waals surface area contributed by atoms with Crippen LogP contribution in [-0.2, 0) is 16.1 Å². The number of piperidine rings is 2. The van der Waals surface area contributed by atoms with Gasteiger partial charge in [-0.15, -0.1) is 0 Å². The molecule has 2 atom stereocenters. The van der Waals surface area contributed by atoms with E-state index < -0.39 is 5.60 Å². The summed E-state index contributed by atoms with van der Waals surface area (Å²) in [4.78, 5) is 31.3. The molecule has 4 heterocycles. The van der Waals surface area contributed by atoms with Crippen molar-refractivity contribution < 1.29 is 19.1 Å². The molecule has 4 aliphatic heterocycles. The number of piperazine rings is 1. The summed E-state index contributed by atoms with van der Waals surface area (Å²) in [7, 11) is 0. The van der Waals surface area contributed by atoms with Crippen molar-refractivity contribution in [1.29, 1.82) is 0 Å². The van der Waals surface area contributed by atoms with Gasteiger partial charge in [0.25, 0.3) is 0 Å². The van der Waals surface area contributed by atoms with Gasteiger partial charge in [-0.3, -0.25) is 9.80 Å². The molecular weight excluding hydrogens is 394 g/mol. The van der Waals surface area contributed by atoms with E-state index in [4.69, 9.17) is 9.47 Å². The zero-order valence-corrected chi connectivity index (χ0v) is 19.2. The highest BCUT2D eigenvalue weighted by Crippen LogP contribution is 2.39. The monoisotopic (exact) mass is 429 g/mol. The van der Waals surface area contributed by atoms with E-state index in [2.05, 4.69) is 11.8 Å². The molecule has 2 unspecified atom stereocenters. The Hall–Kier alpha value is -2.28. The average molecular weight is 430 g/mol. The van der Waals surface area contributed by atoms with Crippen molar-refractivity contribution in [2.24, 2.45) is 0 Å². The molecule has 31 heavy (non-hydrogen) atoms. The van der Waals surface area contributed by atoms with Crippen LogP contribution in [0.5, 0.6) is 0 Å². The highest BCUT2D eigenvalue weighted by molar-refractivity contribution is 5.70. The third kappa shape index (κ3) is 4.81. The van der Waals surface area contributed by atoms with Crippen molar-refractivity contribution in [3.05, 3.63) is 35.9 Å². The molecule has 4 saturated heterocycles. The molecule has 2 bridgehead atoms. The maximum absolute atomic E-state index is 12.5. The van der Waals surface area contributed by atoms with E-state index in [0.717, 1.165) is 37.9 Å². The summed E-state index contributed by atoms with van der Waals surface area (Å²) in [5.41, 5.74) is 0.585. The summed E-state index contributed by atoms with van der Waals surface area (Å²) in [6.07, 6.45) is 2.47. The Bertz CT molecular complexity index is 787. The number of rotatable bonds is 3. The molecule has 1 aromatic rings. The van der Waals surface area contributed by atoms with Crippen molar-refractivity contribution >= 4 is 12.2 Å². The molecular formula is C24H35N3O4. The van der Waals surface area contributed by atoms with Gasteiger partial charge in [0.1, 0.15) is 12.2 Å². The van der Waals surface area contributed by atoms with E-state index in [1.807, 2.05) is 60.9 Å². The lowest BCUT2D eigenvalue weighted by Crippen LogP contribution is -2.74. The molecule has 7 heteroatoms. The minimum absolute atomic E-state index is 0.0488. The molecule has 7 nitrogen and oxygen atoms in total. The summed E-state index contributed by atoms with van der Waals surface area (Å²) in [5.74, 6) is 0. The smallest absolute Gasteiger partial charge is 0.410 e. The molecule has 0 radical (unpaired) electrons. The standard InChI is InChI=1S/C24H35N3O4/c1-23(2,3)31-22(29)27-19-14-20(27)16-26(15-19)24(4)10-12-25(13-11-24)21(28)30-17-18-8-6-5-7-9-18/h5-9,19-20H,10-17H2,1-4H3. The van der Waals surface area contributed by atoms with Crippen LogP contribution in [0.25, 0.3) is 0 Å². The highest BCUT2D eigenvalue weighted by atomic mass is 16.6. The van der Waals surface area contributed by atoms with Gasteiger partial charge < -0.3 is 14.4 Å². The number of ether oxygens (including phenoxy) is 2. The number of hydrogen-bond acceptors (Lipinski definition) is 5. The van der Waals surface area contributed by atoms with E-state index in [1.54, 1.807) is 0 Å². The number of carbonyl (C=O) groups is 2. The van der Waals surface area contributed by atoms with E-state index in [-0.39, 0.29) is 29.8 Å². The topological polar surface area (TPSA) is 62.3 Å². The Morgan fingerprint density at radius 2 is 1.65 bits per heavy atom. The second kappa shape index (κ2) is 8.34. The van der Waals surface area contributed by atoms with E-state index in [0.29, 0.717) is 19.7 Å². The Morgan fingerprint density at radius 3 is 2.23 bits per heavy atom. The predicted molar refractivity (Wildman–Crippen MR) is 118 cm³/mol. The number of amides is 2. The quantitative estimate of drug-likeness (QED) is 0.730. The fourth-order valence-corrected chi connectivity index (χ4v) is 4.96. The molecule has 0 spiro atoms. The number of carbonyl (C=O) groups excluding carboxylic acids is 2. The van der Waals surface area contributed by atoms with Crippen LogP contribution < -0.4 is 0 Å². The van der Waals surface area contributed by atoms with Gasteiger partial charge in [-0.1, -0.05) is 30.3 Å². The van der Waals surface area contributed by atoms with Crippen LogP contribution in [-0.4, -0.2) is 76.3 Å². The second-order valence-corrected chi connectivity index (χ2v) is 10.4. The minimum atomic E-state index is -0.464. The molecule has 2 amide bonds. The molecule has 170 valence electrons. The normalized spacial score (nSPS) is 25.5. The molecule has 1 aromatic carbocycles. The average Bonchev–Trinajstić information content (AvgIpc) is 2.72. The fourth-order valence-electron chi connectivity index (χ4n) is 4.96. The summed E-state index contributed by atoms with van der Waals surface area (Å²) >= 11 is 0. The molecule has 0 aromatic heterocycles. The Kier molecular flexibility index (Phi) is 5.90. The first-order chi connectivity index (χ1) is 14.6.